The van der Waals surface area contributed by atoms with Crippen molar-refractivity contribution >= 4 is 16.5 Å². The van der Waals surface area contributed by atoms with Crippen LogP contribution in [0.2, 0.25) is 0 Å². The van der Waals surface area contributed by atoms with Gasteiger partial charge >= 0.3 is 0 Å². The van der Waals surface area contributed by atoms with E-state index in [2.05, 4.69) is 38.0 Å². The highest BCUT2D eigenvalue weighted by Gasteiger charge is 2.27. The van der Waals surface area contributed by atoms with Crippen LogP contribution in [0.25, 0.3) is 0 Å². The number of hydrogen-bond acceptors (Lipinski definition) is 4. The molecule has 2 rings (SSSR count). The van der Waals surface area contributed by atoms with Crippen LogP contribution in [0.4, 0.5) is 5.13 Å². The Kier molecular flexibility index (Phi) is 6.49. The van der Waals surface area contributed by atoms with Crippen molar-refractivity contribution < 1.29 is 0 Å². The molecular formula is C17H31N3S. The molecule has 0 radical (unpaired) electrons. The summed E-state index contributed by atoms with van der Waals surface area (Å²) in [6.45, 7) is 8.80. The van der Waals surface area contributed by atoms with E-state index in [1.165, 1.54) is 47.8 Å². The van der Waals surface area contributed by atoms with Crippen molar-refractivity contribution in [3.8, 4) is 0 Å². The molecule has 0 bridgehead atoms. The van der Waals surface area contributed by atoms with E-state index in [-0.39, 0.29) is 0 Å². The maximum absolute atomic E-state index is 4.97. The highest BCUT2D eigenvalue weighted by molar-refractivity contribution is 7.15. The van der Waals surface area contributed by atoms with E-state index in [1.807, 2.05) is 11.3 Å². The Bertz CT molecular complexity index is 430. The molecule has 1 N–H and O–H groups in total. The SMILES string of the molecule is CCCc1nc(N(C)C2CCCCC2C)sc1CNCC. The molecule has 1 fully saturated rings. The highest BCUT2D eigenvalue weighted by Crippen LogP contribution is 2.34. The molecule has 1 aliphatic carbocycles. The van der Waals surface area contributed by atoms with Crippen LogP contribution >= 0.6 is 11.3 Å². The molecule has 1 saturated carbocycles. The number of aromatic nitrogens is 1. The topological polar surface area (TPSA) is 28.2 Å². The number of aryl methyl sites for hydroxylation is 1. The van der Waals surface area contributed by atoms with E-state index in [0.717, 1.165) is 25.4 Å². The molecule has 3 nitrogen and oxygen atoms in total. The number of nitrogens with zero attached hydrogens (tertiary/aromatic N) is 2. The van der Waals surface area contributed by atoms with Crippen LogP contribution < -0.4 is 10.2 Å². The summed E-state index contributed by atoms with van der Waals surface area (Å²) in [5.74, 6) is 0.791. The number of hydrogen-bond donors (Lipinski definition) is 1. The van der Waals surface area contributed by atoms with Gasteiger partial charge in [0.15, 0.2) is 5.13 Å². The molecule has 1 aromatic rings. The standard InChI is InChI=1S/C17H31N3S/c1-5-9-14-16(12-18-6-2)21-17(19-14)20(4)15-11-8-7-10-13(15)3/h13,15,18H,5-12H2,1-4H3. The van der Waals surface area contributed by atoms with Crippen LogP contribution in [0.15, 0.2) is 0 Å². The van der Waals surface area contributed by atoms with Gasteiger partial charge in [-0.05, 0) is 31.7 Å². The van der Waals surface area contributed by atoms with Crippen molar-refractivity contribution in [1.29, 1.82) is 0 Å². The lowest BCUT2D eigenvalue weighted by molar-refractivity contribution is 0.321. The van der Waals surface area contributed by atoms with Gasteiger partial charge in [0.1, 0.15) is 0 Å². The number of thiazole rings is 1. The van der Waals surface area contributed by atoms with E-state index in [4.69, 9.17) is 4.98 Å². The molecule has 21 heavy (non-hydrogen) atoms. The van der Waals surface area contributed by atoms with Crippen LogP contribution in [0.3, 0.4) is 0 Å². The number of nitrogens with one attached hydrogen (secondary N) is 1. The third-order valence-electron chi connectivity index (χ3n) is 4.65. The molecule has 1 aliphatic rings. The van der Waals surface area contributed by atoms with Gasteiger partial charge in [0.2, 0.25) is 0 Å². The molecule has 1 heterocycles. The Hall–Kier alpha value is -0.610. The minimum absolute atomic E-state index is 0.673. The predicted octanol–water partition coefficient (Wildman–Crippen LogP) is 4.22. The Morgan fingerprint density at radius 3 is 2.71 bits per heavy atom. The Balaban J connectivity index is 2.13. The molecule has 4 heteroatoms. The monoisotopic (exact) mass is 309 g/mol. The second-order valence-corrected chi connectivity index (χ2v) is 7.40. The fraction of sp³-hybridized carbons (Fsp3) is 0.824. The Morgan fingerprint density at radius 1 is 1.29 bits per heavy atom. The van der Waals surface area contributed by atoms with E-state index in [1.54, 1.807) is 0 Å². The van der Waals surface area contributed by atoms with Crippen molar-refractivity contribution in [3.63, 3.8) is 0 Å². The fourth-order valence-corrected chi connectivity index (χ4v) is 4.44. The highest BCUT2D eigenvalue weighted by atomic mass is 32.1. The lowest BCUT2D eigenvalue weighted by Gasteiger charge is -2.36. The summed E-state index contributed by atoms with van der Waals surface area (Å²) >= 11 is 1.90. The van der Waals surface area contributed by atoms with E-state index in [9.17, 15) is 0 Å². The molecule has 0 spiro atoms. The Labute approximate surface area is 134 Å². The summed E-state index contributed by atoms with van der Waals surface area (Å²) in [5.41, 5.74) is 1.31. The van der Waals surface area contributed by atoms with Gasteiger partial charge in [-0.2, -0.15) is 0 Å². The van der Waals surface area contributed by atoms with Gasteiger partial charge in [0, 0.05) is 24.5 Å². The summed E-state index contributed by atoms with van der Waals surface area (Å²) < 4.78 is 0. The van der Waals surface area contributed by atoms with Crippen LogP contribution in [-0.2, 0) is 13.0 Å². The van der Waals surface area contributed by atoms with Gasteiger partial charge in [0.25, 0.3) is 0 Å². The smallest absolute Gasteiger partial charge is 0.185 e. The zero-order chi connectivity index (χ0) is 15.2. The van der Waals surface area contributed by atoms with Crippen molar-refractivity contribution in [2.75, 3.05) is 18.5 Å². The van der Waals surface area contributed by atoms with Crippen LogP contribution in [0.5, 0.6) is 0 Å². The van der Waals surface area contributed by atoms with Gasteiger partial charge in [-0.1, -0.05) is 40.0 Å². The van der Waals surface area contributed by atoms with E-state index >= 15 is 0 Å². The average Bonchev–Trinajstić information content (AvgIpc) is 2.88. The van der Waals surface area contributed by atoms with E-state index < -0.39 is 0 Å². The summed E-state index contributed by atoms with van der Waals surface area (Å²) in [7, 11) is 2.25. The first-order valence-corrected chi connectivity index (χ1v) is 9.41. The molecule has 2 atom stereocenters. The quantitative estimate of drug-likeness (QED) is 0.817. The van der Waals surface area contributed by atoms with Crippen LogP contribution in [0.1, 0.15) is 63.4 Å². The lowest BCUT2D eigenvalue weighted by atomic mass is 9.85. The summed E-state index contributed by atoms with van der Waals surface area (Å²) in [6.07, 6.45) is 7.74. The van der Waals surface area contributed by atoms with Crippen LogP contribution in [-0.4, -0.2) is 24.6 Å². The zero-order valence-electron chi connectivity index (χ0n) is 14.1. The molecule has 1 aromatic heterocycles. The fourth-order valence-electron chi connectivity index (χ4n) is 3.34. The number of anilines is 1. The third kappa shape index (κ3) is 4.19. The minimum atomic E-state index is 0.673. The number of rotatable bonds is 7. The lowest BCUT2D eigenvalue weighted by Crippen LogP contribution is -2.38. The van der Waals surface area contributed by atoms with Crippen molar-refractivity contribution in [3.05, 3.63) is 10.6 Å². The first-order chi connectivity index (χ1) is 10.2. The van der Waals surface area contributed by atoms with Gasteiger partial charge in [-0.3, -0.25) is 0 Å². The minimum Gasteiger partial charge on any atom is -0.348 e. The Morgan fingerprint density at radius 2 is 2.05 bits per heavy atom. The van der Waals surface area contributed by atoms with Gasteiger partial charge in [-0.25, -0.2) is 4.98 Å². The van der Waals surface area contributed by atoms with Gasteiger partial charge in [-0.15, -0.1) is 11.3 Å². The maximum Gasteiger partial charge on any atom is 0.185 e. The molecule has 120 valence electrons. The molecule has 0 amide bonds. The van der Waals surface area contributed by atoms with Gasteiger partial charge in [0.05, 0.1) is 5.69 Å². The van der Waals surface area contributed by atoms with E-state index in [0.29, 0.717) is 6.04 Å². The first kappa shape index (κ1) is 16.8. The first-order valence-electron chi connectivity index (χ1n) is 8.59. The third-order valence-corrected chi connectivity index (χ3v) is 5.84. The predicted molar refractivity (Wildman–Crippen MR) is 93.3 cm³/mol. The summed E-state index contributed by atoms with van der Waals surface area (Å²) in [4.78, 5) is 8.86. The second kappa shape index (κ2) is 8.14. The maximum atomic E-state index is 4.97. The molecule has 0 aliphatic heterocycles. The second-order valence-electron chi connectivity index (χ2n) is 6.34. The summed E-state index contributed by atoms with van der Waals surface area (Å²) in [6, 6.07) is 0.673. The van der Waals surface area contributed by atoms with Crippen LogP contribution in [0, 0.1) is 5.92 Å². The average molecular weight is 310 g/mol. The molecule has 0 aromatic carbocycles. The normalized spacial score (nSPS) is 22.5. The largest absolute Gasteiger partial charge is 0.348 e. The van der Waals surface area contributed by atoms with Crippen molar-refractivity contribution in [2.24, 2.45) is 5.92 Å². The van der Waals surface area contributed by atoms with Gasteiger partial charge < -0.3 is 10.2 Å². The zero-order valence-corrected chi connectivity index (χ0v) is 14.9. The summed E-state index contributed by atoms with van der Waals surface area (Å²) in [5, 5.41) is 4.68. The van der Waals surface area contributed by atoms with Crippen molar-refractivity contribution in [1.82, 2.24) is 10.3 Å². The molecular weight excluding hydrogens is 278 g/mol. The molecule has 0 saturated heterocycles. The molecule has 2 unspecified atom stereocenters. The van der Waals surface area contributed by atoms with Crippen molar-refractivity contribution in [2.45, 2.75) is 71.9 Å².